The number of hydrogen-bond acceptors (Lipinski definition) is 5. The van der Waals surface area contributed by atoms with E-state index in [9.17, 15) is 5.11 Å². The van der Waals surface area contributed by atoms with E-state index in [1.165, 1.54) is 6.42 Å². The third-order valence-corrected chi connectivity index (χ3v) is 2.63. The van der Waals surface area contributed by atoms with Gasteiger partial charge in [-0.05, 0) is 33.4 Å². The summed E-state index contributed by atoms with van der Waals surface area (Å²) in [6.07, 6.45) is 1.55. The molecule has 1 fully saturated rings. The first-order valence-corrected chi connectivity index (χ1v) is 4.90. The Balaban J connectivity index is 2.16. The largest absolute Gasteiger partial charge is 0.384 e. The first-order valence-electron chi connectivity index (χ1n) is 4.90. The Morgan fingerprint density at radius 3 is 2.93 bits per heavy atom. The van der Waals surface area contributed by atoms with Gasteiger partial charge in [0.2, 0.25) is 0 Å². The normalized spacial score (nSPS) is 25.5. The average Bonchev–Trinajstić information content (AvgIpc) is 2.71. The van der Waals surface area contributed by atoms with Crippen molar-refractivity contribution in [2.24, 2.45) is 0 Å². The van der Waals surface area contributed by atoms with E-state index in [4.69, 9.17) is 4.52 Å². The van der Waals surface area contributed by atoms with Crippen LogP contribution in [-0.2, 0) is 0 Å². The zero-order valence-corrected chi connectivity index (χ0v) is 8.47. The summed E-state index contributed by atoms with van der Waals surface area (Å²) in [6, 6.07) is 0.256. The molecule has 5 nitrogen and oxygen atoms in total. The van der Waals surface area contributed by atoms with Crippen molar-refractivity contribution in [3.05, 3.63) is 11.7 Å². The van der Waals surface area contributed by atoms with Crippen molar-refractivity contribution in [3.63, 3.8) is 0 Å². The molecule has 5 heteroatoms. The maximum absolute atomic E-state index is 9.24. The minimum atomic E-state index is -0.678. The maximum atomic E-state index is 9.24. The van der Waals surface area contributed by atoms with E-state index in [1.54, 1.807) is 6.92 Å². The van der Waals surface area contributed by atoms with Gasteiger partial charge in [-0.25, -0.2) is 0 Å². The number of hydrogen-bond donors (Lipinski definition) is 1. The molecular weight excluding hydrogens is 182 g/mol. The zero-order valence-electron chi connectivity index (χ0n) is 8.47. The second kappa shape index (κ2) is 3.67. The van der Waals surface area contributed by atoms with Gasteiger partial charge in [0.15, 0.2) is 5.82 Å². The van der Waals surface area contributed by atoms with Crippen LogP contribution in [0.1, 0.15) is 43.6 Å². The Kier molecular flexibility index (Phi) is 2.52. The molecule has 0 amide bonds. The molecule has 0 saturated carbocycles. The maximum Gasteiger partial charge on any atom is 0.255 e. The van der Waals surface area contributed by atoms with Crippen LogP contribution in [0.5, 0.6) is 0 Å². The zero-order chi connectivity index (χ0) is 10.1. The molecule has 0 aromatic carbocycles. The van der Waals surface area contributed by atoms with Crippen LogP contribution < -0.4 is 0 Å². The highest BCUT2D eigenvalue weighted by atomic mass is 16.5. The van der Waals surface area contributed by atoms with Crippen LogP contribution in [0.3, 0.4) is 0 Å². The van der Waals surface area contributed by atoms with Gasteiger partial charge in [-0.1, -0.05) is 5.16 Å². The third-order valence-electron chi connectivity index (χ3n) is 2.63. The lowest BCUT2D eigenvalue weighted by Gasteiger charge is -2.14. The van der Waals surface area contributed by atoms with Crippen molar-refractivity contribution < 1.29 is 9.63 Å². The van der Waals surface area contributed by atoms with Crippen LogP contribution >= 0.6 is 0 Å². The van der Waals surface area contributed by atoms with Gasteiger partial charge in [0.05, 0.1) is 6.04 Å². The van der Waals surface area contributed by atoms with Gasteiger partial charge >= 0.3 is 0 Å². The Labute approximate surface area is 82.7 Å². The fraction of sp³-hybridized carbons (Fsp3) is 0.778. The van der Waals surface area contributed by atoms with Crippen LogP contribution in [0.15, 0.2) is 4.52 Å². The first kappa shape index (κ1) is 9.61. The molecule has 1 N–H and O–H groups in total. The number of likely N-dealkylation sites (tertiary alicyclic amines) is 1. The van der Waals surface area contributed by atoms with E-state index in [-0.39, 0.29) is 6.04 Å². The highest BCUT2D eigenvalue weighted by molar-refractivity contribution is 4.98. The van der Waals surface area contributed by atoms with Crippen molar-refractivity contribution in [1.29, 1.82) is 0 Å². The molecule has 0 spiro atoms. The fourth-order valence-corrected chi connectivity index (χ4v) is 1.79. The van der Waals surface area contributed by atoms with E-state index < -0.39 is 6.10 Å². The Hall–Kier alpha value is -0.940. The number of aliphatic hydroxyl groups is 1. The van der Waals surface area contributed by atoms with Gasteiger partial charge in [0.1, 0.15) is 6.10 Å². The fourth-order valence-electron chi connectivity index (χ4n) is 1.79. The lowest BCUT2D eigenvalue weighted by Crippen LogP contribution is -2.18. The molecule has 2 atom stereocenters. The quantitative estimate of drug-likeness (QED) is 0.762. The Bertz CT molecular complexity index is 311. The van der Waals surface area contributed by atoms with E-state index in [0.717, 1.165) is 13.0 Å². The minimum absolute atomic E-state index is 0.256. The van der Waals surface area contributed by atoms with E-state index in [2.05, 4.69) is 22.1 Å². The second-order valence-corrected chi connectivity index (χ2v) is 3.81. The van der Waals surface area contributed by atoms with Gasteiger partial charge in [-0.2, -0.15) is 4.98 Å². The molecule has 14 heavy (non-hydrogen) atoms. The van der Waals surface area contributed by atoms with Gasteiger partial charge < -0.3 is 9.63 Å². The lowest BCUT2D eigenvalue weighted by atomic mass is 10.2. The summed E-state index contributed by atoms with van der Waals surface area (Å²) in [5.74, 6) is 1.00. The van der Waals surface area contributed by atoms with Crippen molar-refractivity contribution >= 4 is 0 Å². The molecule has 1 aromatic heterocycles. The number of rotatable bonds is 2. The van der Waals surface area contributed by atoms with E-state index in [1.807, 2.05) is 0 Å². The molecular formula is C9H15N3O2. The summed E-state index contributed by atoms with van der Waals surface area (Å²) in [5, 5.41) is 13.1. The van der Waals surface area contributed by atoms with Crippen molar-refractivity contribution in [2.75, 3.05) is 13.6 Å². The predicted octanol–water partition coefficient (Wildman–Crippen LogP) is 0.890. The first-order chi connectivity index (χ1) is 6.68. The summed E-state index contributed by atoms with van der Waals surface area (Å²) < 4.78 is 4.95. The Morgan fingerprint density at radius 2 is 2.43 bits per heavy atom. The molecule has 2 heterocycles. The molecule has 1 aromatic rings. The van der Waals surface area contributed by atoms with Crippen LogP contribution in [0.2, 0.25) is 0 Å². The van der Waals surface area contributed by atoms with Crippen molar-refractivity contribution in [2.45, 2.75) is 31.9 Å². The minimum Gasteiger partial charge on any atom is -0.384 e. The second-order valence-electron chi connectivity index (χ2n) is 3.81. The molecule has 0 radical (unpaired) electrons. The van der Waals surface area contributed by atoms with Gasteiger partial charge in [-0.3, -0.25) is 4.90 Å². The molecule has 1 aliphatic rings. The van der Waals surface area contributed by atoms with E-state index in [0.29, 0.717) is 11.7 Å². The van der Waals surface area contributed by atoms with Crippen LogP contribution in [0.4, 0.5) is 0 Å². The molecule has 78 valence electrons. The van der Waals surface area contributed by atoms with Gasteiger partial charge in [0.25, 0.3) is 5.89 Å². The highest BCUT2D eigenvalue weighted by Gasteiger charge is 2.27. The molecule has 2 unspecified atom stereocenters. The highest BCUT2D eigenvalue weighted by Crippen LogP contribution is 2.28. The average molecular weight is 197 g/mol. The summed E-state index contributed by atoms with van der Waals surface area (Å²) in [4.78, 5) is 6.38. The number of aliphatic hydroxyl groups excluding tert-OH is 1. The molecule has 2 rings (SSSR count). The summed E-state index contributed by atoms with van der Waals surface area (Å²) in [7, 11) is 2.05. The van der Waals surface area contributed by atoms with Crippen LogP contribution in [-0.4, -0.2) is 33.7 Å². The molecule has 1 saturated heterocycles. The number of nitrogens with zero attached hydrogens (tertiary/aromatic N) is 3. The topological polar surface area (TPSA) is 62.4 Å². The summed E-state index contributed by atoms with van der Waals surface area (Å²) >= 11 is 0. The number of aromatic nitrogens is 2. The van der Waals surface area contributed by atoms with Gasteiger partial charge in [0, 0.05) is 0 Å². The smallest absolute Gasteiger partial charge is 0.255 e. The molecule has 0 bridgehead atoms. The molecule has 0 aliphatic carbocycles. The van der Waals surface area contributed by atoms with Gasteiger partial charge in [-0.15, -0.1) is 0 Å². The molecule has 1 aliphatic heterocycles. The SMILES string of the molecule is CC(O)c1nc(C2CCCN2C)no1. The predicted molar refractivity (Wildman–Crippen MR) is 49.5 cm³/mol. The van der Waals surface area contributed by atoms with Crippen LogP contribution in [0, 0.1) is 0 Å². The van der Waals surface area contributed by atoms with Crippen LogP contribution in [0.25, 0.3) is 0 Å². The van der Waals surface area contributed by atoms with E-state index >= 15 is 0 Å². The third kappa shape index (κ3) is 1.65. The van der Waals surface area contributed by atoms with Crippen molar-refractivity contribution in [1.82, 2.24) is 15.0 Å². The standard InChI is InChI=1S/C9H15N3O2/c1-6(13)9-10-8(11-14-9)7-4-3-5-12(7)2/h6-7,13H,3-5H2,1-2H3. The lowest BCUT2D eigenvalue weighted by molar-refractivity contribution is 0.151. The monoisotopic (exact) mass is 197 g/mol. The van der Waals surface area contributed by atoms with Crippen molar-refractivity contribution in [3.8, 4) is 0 Å². The summed E-state index contributed by atoms with van der Waals surface area (Å²) in [5.41, 5.74) is 0. The Morgan fingerprint density at radius 1 is 1.64 bits per heavy atom. The summed E-state index contributed by atoms with van der Waals surface area (Å²) in [6.45, 7) is 2.69.